The van der Waals surface area contributed by atoms with Crippen molar-refractivity contribution in [1.82, 2.24) is 19.9 Å². The molecule has 84 heavy (non-hydrogen) atoms. The third-order valence-electron chi connectivity index (χ3n) is 11.2. The van der Waals surface area contributed by atoms with Crippen molar-refractivity contribution in [3.05, 3.63) is 296 Å². The van der Waals surface area contributed by atoms with E-state index in [1.54, 1.807) is 97.6 Å². The number of aromatic nitrogens is 3. The predicted molar refractivity (Wildman–Crippen MR) is 324 cm³/mol. The maximum atomic E-state index is 12.6. The van der Waals surface area contributed by atoms with Gasteiger partial charge in [-0.3, -0.25) is 35.2 Å². The summed E-state index contributed by atoms with van der Waals surface area (Å²) >= 11 is 6.25. The molecule has 0 amide bonds. The SMILES string of the molecule is O=[N+]([O-])c1ccccc1S(=O)(=O)[N-]c1ccccc1-c1ccccn1.O=[N+]([O-])c1ccccc1S(=O)(=O)[N-]c1ccccc1-c1ccccn1.[Ag+].[CH2-]CCN(C)C.[Ni+2].[Ni][Br].[c-]1ccc2c(c1)C=CC2.[c-]1ccc2c(c1)C=CC2.c1ccncc1. The first kappa shape index (κ1) is 71.0. The van der Waals surface area contributed by atoms with Crippen molar-refractivity contribution in [2.24, 2.45) is 0 Å². The molecule has 2 aliphatic carbocycles. The quantitative estimate of drug-likeness (QED) is 0.0482. The normalized spacial score (nSPS) is 10.9. The fraction of sp³-hybridized carbons (Fsp3) is 0.0968. The molecule has 6 aromatic carbocycles. The van der Waals surface area contributed by atoms with Gasteiger partial charge >= 0.3 is 66.8 Å². The Morgan fingerprint density at radius 3 is 1.27 bits per heavy atom. The minimum atomic E-state index is -4.26. The summed E-state index contributed by atoms with van der Waals surface area (Å²) in [5.41, 5.74) is 6.97. The number of benzene rings is 6. The first-order valence-electron chi connectivity index (χ1n) is 24.8. The van der Waals surface area contributed by atoms with Crippen LogP contribution in [0.3, 0.4) is 0 Å². The van der Waals surface area contributed by atoms with Gasteiger partial charge in [0.15, 0.2) is 0 Å². The molecule has 22 heteroatoms. The number of rotatable bonds is 12. The Bertz CT molecular complexity index is 3500. The van der Waals surface area contributed by atoms with Crippen LogP contribution in [0.15, 0.2) is 235 Å². The minimum absolute atomic E-state index is 0. The molecule has 443 valence electrons. The summed E-state index contributed by atoms with van der Waals surface area (Å²) in [5.74, 6) is 0. The first-order chi connectivity index (χ1) is 39.7. The maximum absolute atomic E-state index is 12.6. The number of nitro groups is 2. The Morgan fingerprint density at radius 1 is 0.571 bits per heavy atom. The summed E-state index contributed by atoms with van der Waals surface area (Å²) in [6.07, 6.45) is 18.5. The van der Waals surface area contributed by atoms with Crippen LogP contribution in [0.2, 0.25) is 0 Å². The molecule has 0 spiro atoms. The molecule has 2 aliphatic rings. The van der Waals surface area contributed by atoms with Gasteiger partial charge in [0.25, 0.3) is 11.4 Å². The Hall–Kier alpha value is -7.28. The zero-order chi connectivity index (χ0) is 59.2. The van der Waals surface area contributed by atoms with Crippen LogP contribution in [0.4, 0.5) is 22.7 Å². The molecule has 0 saturated carbocycles. The molecule has 0 atom stereocenters. The second-order valence-corrected chi connectivity index (χ2v) is 20.3. The van der Waals surface area contributed by atoms with Crippen LogP contribution in [0.1, 0.15) is 28.7 Å². The Kier molecular flexibility index (Phi) is 32.0. The van der Waals surface area contributed by atoms with E-state index in [0.717, 1.165) is 37.9 Å². The average Bonchev–Trinajstić information content (AvgIpc) is 3.72. The zero-order valence-corrected chi connectivity index (χ0v) is 51.7. The predicted octanol–water partition coefficient (Wildman–Crippen LogP) is 14.9. The zero-order valence-electron chi connectivity index (χ0n) is 45.0. The molecule has 3 aromatic heterocycles. The Balaban J connectivity index is 0.000000287. The fourth-order valence-electron chi connectivity index (χ4n) is 7.48. The van der Waals surface area contributed by atoms with Gasteiger partial charge in [0, 0.05) is 36.9 Å². The summed E-state index contributed by atoms with van der Waals surface area (Å²) in [5, 5.41) is 22.2. The van der Waals surface area contributed by atoms with E-state index in [2.05, 4.69) is 113 Å². The van der Waals surface area contributed by atoms with Crippen LogP contribution in [0.25, 0.3) is 44.1 Å². The largest absolute Gasteiger partial charge is 0.265 e. The molecule has 0 bridgehead atoms. The fourth-order valence-corrected chi connectivity index (χ4v) is 9.83. The monoisotopic (exact) mass is 1410 g/mol. The molecule has 9 aromatic rings. The smallest absolute Gasteiger partial charge is 0.0267 e. The van der Waals surface area contributed by atoms with Crippen molar-refractivity contribution in [3.63, 3.8) is 0 Å². The molecular weight excluding hydrogens is 1350 g/mol. The molecular formula is C62H55AgBrN8Ni2O8S2-2. The summed E-state index contributed by atoms with van der Waals surface area (Å²) in [4.78, 5) is 34.1. The van der Waals surface area contributed by atoms with Gasteiger partial charge < -0.3 is 21.3 Å². The maximum Gasteiger partial charge on any atom is 0.0267 e. The van der Waals surface area contributed by atoms with Gasteiger partial charge in [-0.05, 0) is 93.1 Å². The number of para-hydroxylation sites is 2. The van der Waals surface area contributed by atoms with E-state index in [1.807, 2.05) is 56.6 Å². The van der Waals surface area contributed by atoms with Crippen LogP contribution in [0, 0.1) is 39.3 Å². The van der Waals surface area contributed by atoms with Gasteiger partial charge in [0.05, 0.1) is 21.2 Å². The van der Waals surface area contributed by atoms with Gasteiger partial charge in [-0.25, -0.2) is 16.8 Å². The molecule has 0 radical (unpaired) electrons. The van der Waals surface area contributed by atoms with E-state index in [4.69, 9.17) is 0 Å². The van der Waals surface area contributed by atoms with E-state index < -0.39 is 51.1 Å². The van der Waals surface area contributed by atoms with E-state index in [1.165, 1.54) is 70.8 Å². The topological polar surface area (TPSA) is 225 Å². The van der Waals surface area contributed by atoms with E-state index in [9.17, 15) is 37.1 Å². The van der Waals surface area contributed by atoms with Crippen molar-refractivity contribution < 1.29 is 79.2 Å². The number of nitrogens with zero attached hydrogens (tertiary/aromatic N) is 8. The third-order valence-corrected chi connectivity index (χ3v) is 13.9. The molecule has 0 unspecified atom stereocenters. The van der Waals surface area contributed by atoms with Crippen LogP contribution >= 0.6 is 14.2 Å². The van der Waals surface area contributed by atoms with Gasteiger partial charge in [-0.1, -0.05) is 103 Å². The Morgan fingerprint density at radius 2 is 0.952 bits per heavy atom. The van der Waals surface area contributed by atoms with Crippen LogP contribution < -0.4 is 0 Å². The van der Waals surface area contributed by atoms with Gasteiger partial charge in [-0.15, -0.1) is 45.8 Å². The van der Waals surface area contributed by atoms with Crippen LogP contribution in [-0.2, 0) is 85.5 Å². The molecule has 3 heterocycles. The second-order valence-electron chi connectivity index (χ2n) is 17.2. The minimum Gasteiger partial charge on any atom is -0.265 e. The molecule has 16 nitrogen and oxygen atoms in total. The van der Waals surface area contributed by atoms with Crippen molar-refractivity contribution in [3.8, 4) is 22.5 Å². The van der Waals surface area contributed by atoms with E-state index in [-0.39, 0.29) is 50.2 Å². The Labute approximate surface area is 532 Å². The molecule has 0 fully saturated rings. The molecule has 11 rings (SSSR count). The second kappa shape index (κ2) is 37.8. The van der Waals surface area contributed by atoms with Crippen molar-refractivity contribution in [2.45, 2.75) is 29.1 Å². The van der Waals surface area contributed by atoms with Gasteiger partial charge in [0.1, 0.15) is 29.8 Å². The number of halogens is 1. The van der Waals surface area contributed by atoms with Gasteiger partial charge in [-0.2, -0.15) is 55.0 Å². The summed E-state index contributed by atoms with van der Waals surface area (Å²) in [6, 6.07) is 57.9. The van der Waals surface area contributed by atoms with Crippen LogP contribution in [0.5, 0.6) is 0 Å². The molecule has 0 N–H and O–H groups in total. The summed E-state index contributed by atoms with van der Waals surface area (Å²) < 4.78 is 58.1. The number of sulfonamides is 2. The number of allylic oxidation sites excluding steroid dienone is 2. The van der Waals surface area contributed by atoms with E-state index in [0.29, 0.717) is 22.5 Å². The number of hydrogen-bond donors (Lipinski definition) is 0. The van der Waals surface area contributed by atoms with Crippen LogP contribution in [-0.4, -0.2) is 67.2 Å². The summed E-state index contributed by atoms with van der Waals surface area (Å²) in [6.45, 7) is 4.78. The summed E-state index contributed by atoms with van der Waals surface area (Å²) in [7, 11) is -4.43. The van der Waals surface area contributed by atoms with Crippen molar-refractivity contribution in [2.75, 3.05) is 20.6 Å². The molecule has 0 aliphatic heterocycles. The molecule has 0 saturated heterocycles. The third kappa shape index (κ3) is 22.7. The van der Waals surface area contributed by atoms with E-state index >= 15 is 0 Å². The first-order valence-corrected chi connectivity index (χ1v) is 30.2. The number of nitro benzene ring substituents is 2. The average molecular weight is 1410 g/mol. The standard InChI is InChI=1S/2C17H12N3O4S.2C9H7.C5H5N.C5H12N.Ag.BrH.2Ni/c2*21-20(22)16-10-3-4-11-17(16)25(23,24)19-15-9-2-1-7-13(15)14-8-5-6-12-18-14;2*1-2-5-9-7-3-6-8(9)4-1;1-2-4-6-5-3-1;1-4-5-6(2)3;;;;/h2*1-12H;2*1,3-5,7H,6H2;1-5H;1,4-5H2,2-3H3;;1H;;/q4*-1;;-1;+1;;+1;+2/p-1. The number of hydrogen-bond acceptors (Lipinski definition) is 12. The number of fused-ring (bicyclic) bond motifs is 2. The van der Waals surface area contributed by atoms with Gasteiger partial charge in [0.2, 0.25) is 0 Å². The van der Waals surface area contributed by atoms with Crippen molar-refractivity contribution >= 4 is 69.2 Å². The van der Waals surface area contributed by atoms with Crippen molar-refractivity contribution in [1.29, 1.82) is 0 Å². The number of pyridine rings is 3.